The second kappa shape index (κ2) is 9.23. The zero-order valence-electron chi connectivity index (χ0n) is 12.1. The second-order valence-electron chi connectivity index (χ2n) is 4.92. The van der Waals surface area contributed by atoms with Crippen LogP contribution in [-0.4, -0.2) is 22.8 Å². The quantitative estimate of drug-likeness (QED) is 0.412. The summed E-state index contributed by atoms with van der Waals surface area (Å²) < 4.78 is 5.12. The number of aromatic hydroxyl groups is 2. The number of rotatable bonds is 9. The van der Waals surface area contributed by atoms with Crippen molar-refractivity contribution < 1.29 is 19.7 Å². The van der Waals surface area contributed by atoms with Gasteiger partial charge >= 0.3 is 5.97 Å². The molecular formula is C16H24O4. The molecule has 0 fully saturated rings. The molecule has 0 amide bonds. The Morgan fingerprint density at radius 1 is 1.15 bits per heavy atom. The third kappa shape index (κ3) is 5.95. The highest BCUT2D eigenvalue weighted by Crippen LogP contribution is 2.28. The number of carbonyl (C=O) groups is 1. The zero-order valence-corrected chi connectivity index (χ0v) is 12.1. The molecule has 1 aromatic carbocycles. The lowest BCUT2D eigenvalue weighted by molar-refractivity contribution is -0.143. The van der Waals surface area contributed by atoms with E-state index in [-0.39, 0.29) is 24.1 Å². The van der Waals surface area contributed by atoms with Gasteiger partial charge in [-0.15, -0.1) is 0 Å². The lowest BCUT2D eigenvalue weighted by Gasteiger charge is -2.07. The van der Waals surface area contributed by atoms with Crippen LogP contribution in [-0.2, 0) is 16.0 Å². The van der Waals surface area contributed by atoms with E-state index >= 15 is 0 Å². The van der Waals surface area contributed by atoms with Gasteiger partial charge in [-0.05, 0) is 12.5 Å². The fourth-order valence-electron chi connectivity index (χ4n) is 2.00. The van der Waals surface area contributed by atoms with Crippen molar-refractivity contribution in [1.29, 1.82) is 0 Å². The fraction of sp³-hybridized carbons (Fsp3) is 0.562. The molecule has 1 rings (SSSR count). The van der Waals surface area contributed by atoms with E-state index in [4.69, 9.17) is 4.74 Å². The van der Waals surface area contributed by atoms with E-state index in [2.05, 4.69) is 6.92 Å². The van der Waals surface area contributed by atoms with Crippen LogP contribution < -0.4 is 0 Å². The highest BCUT2D eigenvalue weighted by molar-refractivity contribution is 5.69. The first kappa shape index (κ1) is 16.3. The molecule has 4 heteroatoms. The SMILES string of the molecule is CCCCCCCC(=O)OCCc1cccc(O)c1O. The summed E-state index contributed by atoms with van der Waals surface area (Å²) in [6.45, 7) is 2.38. The number of hydrogen-bond donors (Lipinski definition) is 2. The first-order chi connectivity index (χ1) is 9.65. The van der Waals surface area contributed by atoms with E-state index in [9.17, 15) is 15.0 Å². The standard InChI is InChI=1S/C16H24O4/c1-2-3-4-5-6-10-15(18)20-12-11-13-8-7-9-14(17)16(13)19/h7-9,17,19H,2-6,10-12H2,1H3. The molecule has 2 N–H and O–H groups in total. The van der Waals surface area contributed by atoms with Gasteiger partial charge in [-0.25, -0.2) is 0 Å². The van der Waals surface area contributed by atoms with Gasteiger partial charge in [0.05, 0.1) is 6.61 Å². The molecule has 0 radical (unpaired) electrons. The minimum Gasteiger partial charge on any atom is -0.504 e. The molecule has 0 atom stereocenters. The molecule has 1 aromatic rings. The monoisotopic (exact) mass is 280 g/mol. The minimum atomic E-state index is -0.193. The maximum Gasteiger partial charge on any atom is 0.305 e. The highest BCUT2D eigenvalue weighted by Gasteiger charge is 2.07. The normalized spacial score (nSPS) is 10.4. The van der Waals surface area contributed by atoms with Gasteiger partial charge in [-0.2, -0.15) is 0 Å². The van der Waals surface area contributed by atoms with Gasteiger partial charge in [0.1, 0.15) is 0 Å². The largest absolute Gasteiger partial charge is 0.504 e. The number of esters is 1. The molecule has 0 aliphatic heterocycles. The smallest absolute Gasteiger partial charge is 0.305 e. The Kier molecular flexibility index (Phi) is 7.55. The number of carbonyl (C=O) groups excluding carboxylic acids is 1. The van der Waals surface area contributed by atoms with Crippen molar-refractivity contribution in [3.63, 3.8) is 0 Å². The van der Waals surface area contributed by atoms with E-state index in [1.54, 1.807) is 12.1 Å². The van der Waals surface area contributed by atoms with Crippen molar-refractivity contribution in [2.45, 2.75) is 51.9 Å². The predicted molar refractivity (Wildman–Crippen MR) is 77.8 cm³/mol. The van der Waals surface area contributed by atoms with Crippen molar-refractivity contribution in [2.75, 3.05) is 6.61 Å². The van der Waals surface area contributed by atoms with Crippen LogP contribution in [0.3, 0.4) is 0 Å². The van der Waals surface area contributed by atoms with Gasteiger partial charge in [0.15, 0.2) is 11.5 Å². The van der Waals surface area contributed by atoms with Crippen LogP contribution in [0.1, 0.15) is 51.0 Å². The Balaban J connectivity index is 2.17. The molecule has 0 spiro atoms. The Morgan fingerprint density at radius 2 is 1.90 bits per heavy atom. The third-order valence-corrected chi connectivity index (χ3v) is 3.22. The maximum atomic E-state index is 11.5. The molecule has 0 saturated heterocycles. The number of hydrogen-bond acceptors (Lipinski definition) is 4. The summed E-state index contributed by atoms with van der Waals surface area (Å²) >= 11 is 0. The van der Waals surface area contributed by atoms with E-state index < -0.39 is 0 Å². The van der Waals surface area contributed by atoms with E-state index in [1.807, 2.05) is 0 Å². The third-order valence-electron chi connectivity index (χ3n) is 3.22. The van der Waals surface area contributed by atoms with Crippen molar-refractivity contribution >= 4 is 5.97 Å². The molecule has 20 heavy (non-hydrogen) atoms. The number of benzene rings is 1. The molecule has 0 unspecified atom stereocenters. The van der Waals surface area contributed by atoms with Crippen LogP contribution in [0, 0.1) is 0 Å². The zero-order chi connectivity index (χ0) is 14.8. The molecule has 112 valence electrons. The summed E-state index contributed by atoms with van der Waals surface area (Å²) in [5.74, 6) is -0.478. The number of unbranched alkanes of at least 4 members (excludes halogenated alkanes) is 4. The van der Waals surface area contributed by atoms with Crippen molar-refractivity contribution in [2.24, 2.45) is 0 Å². The van der Waals surface area contributed by atoms with Gasteiger partial charge in [-0.3, -0.25) is 4.79 Å². The van der Waals surface area contributed by atoms with Crippen molar-refractivity contribution in [3.8, 4) is 11.5 Å². The molecule has 0 aromatic heterocycles. The topological polar surface area (TPSA) is 66.8 Å². The first-order valence-corrected chi connectivity index (χ1v) is 7.30. The predicted octanol–water partition coefficient (Wildman–Crippen LogP) is 3.54. The Morgan fingerprint density at radius 3 is 2.65 bits per heavy atom. The second-order valence-corrected chi connectivity index (χ2v) is 4.92. The van der Waals surface area contributed by atoms with Crippen LogP contribution in [0.25, 0.3) is 0 Å². The van der Waals surface area contributed by atoms with Gasteiger partial charge in [0.25, 0.3) is 0 Å². The number of phenols is 2. The molecule has 0 bridgehead atoms. The summed E-state index contributed by atoms with van der Waals surface area (Å²) in [6.07, 6.45) is 6.37. The lowest BCUT2D eigenvalue weighted by Crippen LogP contribution is -2.07. The number of phenolic OH excluding ortho intramolecular Hbond substituents is 2. The summed E-state index contributed by atoms with van der Waals surface area (Å²) in [5, 5.41) is 18.9. The van der Waals surface area contributed by atoms with Crippen LogP contribution in [0.2, 0.25) is 0 Å². The van der Waals surface area contributed by atoms with E-state index in [1.165, 1.54) is 25.3 Å². The van der Waals surface area contributed by atoms with Crippen LogP contribution in [0.4, 0.5) is 0 Å². The highest BCUT2D eigenvalue weighted by atomic mass is 16.5. The van der Waals surface area contributed by atoms with Crippen LogP contribution in [0.15, 0.2) is 18.2 Å². The molecule has 4 nitrogen and oxygen atoms in total. The van der Waals surface area contributed by atoms with Crippen LogP contribution in [0.5, 0.6) is 11.5 Å². The Labute approximate surface area is 120 Å². The van der Waals surface area contributed by atoms with Gasteiger partial charge in [0.2, 0.25) is 0 Å². The summed E-state index contributed by atoms with van der Waals surface area (Å²) in [5.41, 5.74) is 0.584. The van der Waals surface area contributed by atoms with E-state index in [0.717, 1.165) is 12.8 Å². The Hall–Kier alpha value is -1.71. The molecule has 0 heterocycles. The van der Waals surface area contributed by atoms with Gasteiger partial charge in [0, 0.05) is 18.4 Å². The molecular weight excluding hydrogens is 256 g/mol. The van der Waals surface area contributed by atoms with Crippen molar-refractivity contribution in [3.05, 3.63) is 23.8 Å². The summed E-state index contributed by atoms with van der Waals surface area (Å²) in [6, 6.07) is 4.77. The minimum absolute atomic E-state index is 0.136. The summed E-state index contributed by atoms with van der Waals surface area (Å²) in [4.78, 5) is 11.5. The molecule has 0 saturated carbocycles. The average molecular weight is 280 g/mol. The lowest BCUT2D eigenvalue weighted by atomic mass is 10.1. The fourth-order valence-corrected chi connectivity index (χ4v) is 2.00. The Bertz CT molecular complexity index is 415. The van der Waals surface area contributed by atoms with Gasteiger partial charge in [-0.1, -0.05) is 44.7 Å². The van der Waals surface area contributed by atoms with Gasteiger partial charge < -0.3 is 14.9 Å². The molecule has 0 aliphatic rings. The average Bonchev–Trinajstić information content (AvgIpc) is 2.43. The number of ether oxygens (including phenoxy) is 1. The first-order valence-electron chi connectivity index (χ1n) is 7.30. The summed E-state index contributed by atoms with van der Waals surface area (Å²) in [7, 11) is 0. The van der Waals surface area contributed by atoms with E-state index in [0.29, 0.717) is 18.4 Å². The molecule has 0 aliphatic carbocycles. The van der Waals surface area contributed by atoms with Crippen LogP contribution >= 0.6 is 0 Å². The maximum absolute atomic E-state index is 11.5. The van der Waals surface area contributed by atoms with Crippen molar-refractivity contribution in [1.82, 2.24) is 0 Å². The number of para-hydroxylation sites is 1.